The molecule has 7 heteroatoms. The van der Waals surface area contributed by atoms with E-state index in [4.69, 9.17) is 0 Å². The van der Waals surface area contributed by atoms with Crippen molar-refractivity contribution in [3.8, 4) is 0 Å². The van der Waals surface area contributed by atoms with E-state index in [1.165, 1.54) is 20.9 Å². The van der Waals surface area contributed by atoms with Gasteiger partial charge in [0.2, 0.25) is 0 Å². The molecule has 2 aromatic heterocycles. The highest BCUT2D eigenvalue weighted by Crippen LogP contribution is 2.16. The maximum atomic E-state index is 4.33. The summed E-state index contributed by atoms with van der Waals surface area (Å²) in [6.45, 7) is 6.58. The van der Waals surface area contributed by atoms with Crippen molar-refractivity contribution in [2.75, 3.05) is 7.05 Å². The molecule has 0 saturated carbocycles. The summed E-state index contributed by atoms with van der Waals surface area (Å²) in [6, 6.07) is 13.0. The topological polar surface area (TPSA) is 54.2 Å². The molecular formula is C21H28IN5S. The number of rotatable bonds is 7. The molecule has 0 spiro atoms. The maximum Gasteiger partial charge on any atom is 0.191 e. The van der Waals surface area contributed by atoms with Crippen molar-refractivity contribution in [3.63, 3.8) is 0 Å². The van der Waals surface area contributed by atoms with Crippen LogP contribution in [0.1, 0.15) is 33.6 Å². The molecule has 5 nitrogen and oxygen atoms in total. The van der Waals surface area contributed by atoms with Crippen LogP contribution in [0.3, 0.4) is 0 Å². The first-order valence-corrected chi connectivity index (χ1v) is 10.1. The third kappa shape index (κ3) is 6.34. The van der Waals surface area contributed by atoms with E-state index >= 15 is 0 Å². The largest absolute Gasteiger partial charge is 0.352 e. The van der Waals surface area contributed by atoms with Gasteiger partial charge in [-0.1, -0.05) is 31.2 Å². The summed E-state index contributed by atoms with van der Waals surface area (Å²) in [5.74, 6) is 1.85. The summed E-state index contributed by atoms with van der Waals surface area (Å²) in [4.78, 5) is 11.4. The van der Waals surface area contributed by atoms with E-state index in [0.29, 0.717) is 0 Å². The fourth-order valence-electron chi connectivity index (χ4n) is 2.89. The number of nitrogens with zero attached hydrogens (tertiary/aromatic N) is 3. The monoisotopic (exact) mass is 509 g/mol. The van der Waals surface area contributed by atoms with Gasteiger partial charge in [0, 0.05) is 42.3 Å². The predicted octanol–water partition coefficient (Wildman–Crippen LogP) is 4.35. The molecule has 0 aliphatic carbocycles. The number of aromatic nitrogens is 2. The average Bonchev–Trinajstić information content (AvgIpc) is 3.31. The van der Waals surface area contributed by atoms with Crippen LogP contribution in [0.25, 0.3) is 0 Å². The number of hydrogen-bond acceptors (Lipinski definition) is 3. The van der Waals surface area contributed by atoms with Crippen LogP contribution < -0.4 is 10.6 Å². The summed E-state index contributed by atoms with van der Waals surface area (Å²) in [5.41, 5.74) is 2.50. The van der Waals surface area contributed by atoms with E-state index in [2.05, 4.69) is 68.5 Å². The van der Waals surface area contributed by atoms with Crippen molar-refractivity contribution in [2.24, 2.45) is 4.99 Å². The number of thiophene rings is 1. The Morgan fingerprint density at radius 3 is 2.54 bits per heavy atom. The Hall–Kier alpha value is -1.87. The number of guanidine groups is 1. The Morgan fingerprint density at radius 2 is 1.86 bits per heavy atom. The number of imidazole rings is 1. The molecule has 2 heterocycles. The zero-order valence-corrected chi connectivity index (χ0v) is 19.8. The van der Waals surface area contributed by atoms with Gasteiger partial charge in [0.15, 0.2) is 5.96 Å². The van der Waals surface area contributed by atoms with Gasteiger partial charge in [-0.25, -0.2) is 4.98 Å². The molecule has 0 aliphatic heterocycles. The first-order chi connectivity index (χ1) is 13.2. The van der Waals surface area contributed by atoms with Gasteiger partial charge in [0.25, 0.3) is 0 Å². The van der Waals surface area contributed by atoms with Gasteiger partial charge in [-0.05, 0) is 36.6 Å². The van der Waals surface area contributed by atoms with E-state index in [0.717, 1.165) is 37.8 Å². The number of hydrogen-bond donors (Lipinski definition) is 2. The van der Waals surface area contributed by atoms with Crippen LogP contribution in [0.15, 0.2) is 53.8 Å². The first kappa shape index (κ1) is 22.4. The zero-order chi connectivity index (χ0) is 19.1. The van der Waals surface area contributed by atoms with Crippen molar-refractivity contribution >= 4 is 41.3 Å². The van der Waals surface area contributed by atoms with Crippen LogP contribution in [0, 0.1) is 6.92 Å². The van der Waals surface area contributed by atoms with Crippen molar-refractivity contribution < 1.29 is 0 Å². The fraction of sp³-hybridized carbons (Fsp3) is 0.333. The Bertz CT molecular complexity index is 900. The van der Waals surface area contributed by atoms with E-state index in [1.807, 2.05) is 30.7 Å². The Labute approximate surface area is 188 Å². The third-order valence-electron chi connectivity index (χ3n) is 4.45. The van der Waals surface area contributed by atoms with Crippen molar-refractivity contribution in [1.29, 1.82) is 0 Å². The zero-order valence-electron chi connectivity index (χ0n) is 16.6. The number of aryl methyl sites for hydroxylation is 2. The molecule has 0 bridgehead atoms. The second-order valence-electron chi connectivity index (χ2n) is 6.42. The standard InChI is InChI=1S/C21H27N5S.HI/c1-4-19-8-9-20(27-19)14-25-21(22-3)24-13-17-6-5-7-18(12-17)15-26-11-10-23-16(26)2;/h5-12H,4,13-15H2,1-3H3,(H2,22,24,25);1H. The summed E-state index contributed by atoms with van der Waals surface area (Å²) in [5, 5.41) is 6.79. The molecule has 2 N–H and O–H groups in total. The van der Waals surface area contributed by atoms with Crippen molar-refractivity contribution in [2.45, 2.75) is 39.9 Å². The van der Waals surface area contributed by atoms with E-state index in [1.54, 1.807) is 7.05 Å². The van der Waals surface area contributed by atoms with Crippen LogP contribution >= 0.6 is 35.3 Å². The van der Waals surface area contributed by atoms with Crippen molar-refractivity contribution in [3.05, 3.63) is 75.5 Å². The minimum Gasteiger partial charge on any atom is -0.352 e. The van der Waals surface area contributed by atoms with E-state index in [9.17, 15) is 0 Å². The van der Waals surface area contributed by atoms with Crippen LogP contribution in [-0.4, -0.2) is 22.6 Å². The predicted molar refractivity (Wildman–Crippen MR) is 129 cm³/mol. The molecule has 150 valence electrons. The molecule has 0 radical (unpaired) electrons. The molecule has 0 aliphatic rings. The lowest BCUT2D eigenvalue weighted by Crippen LogP contribution is -2.36. The molecule has 0 amide bonds. The summed E-state index contributed by atoms with van der Waals surface area (Å²) in [7, 11) is 1.81. The smallest absolute Gasteiger partial charge is 0.191 e. The molecule has 0 fully saturated rings. The van der Waals surface area contributed by atoms with Gasteiger partial charge in [0.1, 0.15) is 5.82 Å². The summed E-state index contributed by atoms with van der Waals surface area (Å²) >= 11 is 1.85. The summed E-state index contributed by atoms with van der Waals surface area (Å²) in [6.07, 6.45) is 4.95. The molecular weight excluding hydrogens is 481 g/mol. The Morgan fingerprint density at radius 1 is 1.11 bits per heavy atom. The second-order valence-corrected chi connectivity index (χ2v) is 7.68. The summed E-state index contributed by atoms with van der Waals surface area (Å²) < 4.78 is 2.15. The highest BCUT2D eigenvalue weighted by Gasteiger charge is 2.03. The first-order valence-electron chi connectivity index (χ1n) is 9.25. The lowest BCUT2D eigenvalue weighted by molar-refractivity contribution is 0.758. The molecule has 0 atom stereocenters. The minimum absolute atomic E-state index is 0. The van der Waals surface area contributed by atoms with E-state index < -0.39 is 0 Å². The highest BCUT2D eigenvalue weighted by molar-refractivity contribution is 14.0. The highest BCUT2D eigenvalue weighted by atomic mass is 127. The van der Waals surface area contributed by atoms with Crippen molar-refractivity contribution in [1.82, 2.24) is 20.2 Å². The van der Waals surface area contributed by atoms with Crippen LogP contribution in [0.5, 0.6) is 0 Å². The Balaban J connectivity index is 0.00000280. The fourth-order valence-corrected chi connectivity index (χ4v) is 3.79. The number of halogens is 1. The molecule has 0 saturated heterocycles. The van der Waals surface area contributed by atoms with Gasteiger partial charge in [-0.3, -0.25) is 4.99 Å². The lowest BCUT2D eigenvalue weighted by atomic mass is 10.1. The molecule has 28 heavy (non-hydrogen) atoms. The number of aliphatic imine (C=N–C) groups is 1. The van der Waals surface area contributed by atoms with Gasteiger partial charge >= 0.3 is 0 Å². The lowest BCUT2D eigenvalue weighted by Gasteiger charge is -2.12. The molecule has 3 aromatic rings. The molecule has 3 rings (SSSR count). The van der Waals surface area contributed by atoms with Gasteiger partial charge in [-0.15, -0.1) is 35.3 Å². The SMILES string of the molecule is CCc1ccc(CNC(=NC)NCc2cccc(Cn3ccnc3C)c2)s1.I. The molecule has 1 aromatic carbocycles. The van der Waals surface area contributed by atoms with Gasteiger partial charge in [-0.2, -0.15) is 0 Å². The Kier molecular flexibility index (Phi) is 8.98. The van der Waals surface area contributed by atoms with Crippen LogP contribution in [0.2, 0.25) is 0 Å². The number of benzene rings is 1. The van der Waals surface area contributed by atoms with Gasteiger partial charge in [0.05, 0.1) is 6.54 Å². The normalized spacial score (nSPS) is 11.2. The molecule has 0 unspecified atom stereocenters. The third-order valence-corrected chi connectivity index (χ3v) is 5.68. The average molecular weight is 509 g/mol. The van der Waals surface area contributed by atoms with E-state index in [-0.39, 0.29) is 24.0 Å². The van der Waals surface area contributed by atoms with Crippen LogP contribution in [0.4, 0.5) is 0 Å². The second kappa shape index (κ2) is 11.2. The van der Waals surface area contributed by atoms with Gasteiger partial charge < -0.3 is 15.2 Å². The van der Waals surface area contributed by atoms with Crippen LogP contribution in [-0.2, 0) is 26.1 Å². The number of nitrogens with one attached hydrogen (secondary N) is 2. The maximum absolute atomic E-state index is 4.33. The quantitative estimate of drug-likeness (QED) is 0.283. The minimum atomic E-state index is 0.